The van der Waals surface area contributed by atoms with E-state index in [9.17, 15) is 14.7 Å². The zero-order chi connectivity index (χ0) is 14.0. The summed E-state index contributed by atoms with van der Waals surface area (Å²) < 4.78 is 5.17. The van der Waals surface area contributed by atoms with Gasteiger partial charge in [0.25, 0.3) is 0 Å². The van der Waals surface area contributed by atoms with Crippen molar-refractivity contribution < 1.29 is 19.4 Å². The van der Waals surface area contributed by atoms with Crippen LogP contribution in [0.15, 0.2) is 0 Å². The summed E-state index contributed by atoms with van der Waals surface area (Å²) in [6.45, 7) is 2.52. The highest BCUT2D eigenvalue weighted by Crippen LogP contribution is 2.26. The SMILES string of the molecule is COC1CC(C(=O)O)N(C(=O)NC2CCC(C)C2)C1. The molecule has 1 saturated carbocycles. The molecular formula is C13H22N2O4. The molecular weight excluding hydrogens is 248 g/mol. The third-order valence-electron chi connectivity index (χ3n) is 4.16. The number of carbonyl (C=O) groups is 2. The van der Waals surface area contributed by atoms with Crippen molar-refractivity contribution in [3.05, 3.63) is 0 Å². The van der Waals surface area contributed by atoms with Gasteiger partial charge in [-0.3, -0.25) is 0 Å². The molecule has 1 saturated heterocycles. The molecule has 6 nitrogen and oxygen atoms in total. The number of carboxylic acid groups (broad SMARTS) is 1. The molecule has 0 aromatic heterocycles. The zero-order valence-corrected chi connectivity index (χ0v) is 11.5. The molecule has 1 aliphatic carbocycles. The maximum absolute atomic E-state index is 12.2. The first kappa shape index (κ1) is 14.1. The van der Waals surface area contributed by atoms with E-state index in [1.807, 2.05) is 0 Å². The van der Waals surface area contributed by atoms with E-state index >= 15 is 0 Å². The Balaban J connectivity index is 1.94. The summed E-state index contributed by atoms with van der Waals surface area (Å²) in [5.41, 5.74) is 0. The van der Waals surface area contributed by atoms with Gasteiger partial charge in [-0.25, -0.2) is 9.59 Å². The minimum Gasteiger partial charge on any atom is -0.480 e. The lowest BCUT2D eigenvalue weighted by molar-refractivity contribution is -0.141. The molecule has 2 amide bonds. The van der Waals surface area contributed by atoms with Crippen LogP contribution in [-0.4, -0.2) is 53.8 Å². The second-order valence-electron chi connectivity index (χ2n) is 5.66. The van der Waals surface area contributed by atoms with Gasteiger partial charge < -0.3 is 20.1 Å². The molecule has 2 N–H and O–H groups in total. The number of rotatable bonds is 3. The zero-order valence-electron chi connectivity index (χ0n) is 11.5. The lowest BCUT2D eigenvalue weighted by Crippen LogP contribution is -2.48. The van der Waals surface area contributed by atoms with Gasteiger partial charge in [-0.15, -0.1) is 0 Å². The van der Waals surface area contributed by atoms with Crippen molar-refractivity contribution in [3.63, 3.8) is 0 Å². The number of carboxylic acids is 1. The standard InChI is InChI=1S/C13H22N2O4/c1-8-3-4-9(5-8)14-13(18)15-7-10(19-2)6-11(15)12(16)17/h8-11H,3-7H2,1-2H3,(H,14,18)(H,16,17). The summed E-state index contributed by atoms with van der Waals surface area (Å²) in [5.74, 6) is -0.333. The summed E-state index contributed by atoms with van der Waals surface area (Å²) in [6, 6.07) is -0.867. The molecule has 0 aromatic carbocycles. The molecule has 6 heteroatoms. The van der Waals surface area contributed by atoms with Crippen LogP contribution in [0.1, 0.15) is 32.6 Å². The van der Waals surface area contributed by atoms with Crippen molar-refractivity contribution in [2.75, 3.05) is 13.7 Å². The quantitative estimate of drug-likeness (QED) is 0.803. The number of hydrogen-bond donors (Lipinski definition) is 2. The van der Waals surface area contributed by atoms with Gasteiger partial charge in [0.05, 0.1) is 6.10 Å². The van der Waals surface area contributed by atoms with Gasteiger partial charge in [-0.05, 0) is 25.2 Å². The first-order valence-electron chi connectivity index (χ1n) is 6.84. The number of hydrogen-bond acceptors (Lipinski definition) is 3. The fraction of sp³-hybridized carbons (Fsp3) is 0.846. The monoisotopic (exact) mass is 270 g/mol. The van der Waals surface area contributed by atoms with Crippen LogP contribution in [-0.2, 0) is 9.53 Å². The first-order valence-corrected chi connectivity index (χ1v) is 6.84. The molecule has 0 spiro atoms. The smallest absolute Gasteiger partial charge is 0.326 e. The Morgan fingerprint density at radius 1 is 1.32 bits per heavy atom. The summed E-state index contributed by atoms with van der Waals surface area (Å²) in [5, 5.41) is 12.1. The van der Waals surface area contributed by atoms with E-state index < -0.39 is 12.0 Å². The minimum atomic E-state index is -0.963. The predicted molar refractivity (Wildman–Crippen MR) is 68.9 cm³/mol. The Labute approximate surface area is 113 Å². The second-order valence-corrected chi connectivity index (χ2v) is 5.66. The lowest BCUT2D eigenvalue weighted by atomic mass is 10.1. The third-order valence-corrected chi connectivity index (χ3v) is 4.16. The molecule has 0 aromatic rings. The van der Waals surface area contributed by atoms with E-state index in [2.05, 4.69) is 12.2 Å². The van der Waals surface area contributed by atoms with E-state index in [1.165, 1.54) is 4.90 Å². The highest BCUT2D eigenvalue weighted by atomic mass is 16.5. The summed E-state index contributed by atoms with van der Waals surface area (Å²) >= 11 is 0. The minimum absolute atomic E-state index is 0.179. The maximum atomic E-state index is 12.2. The summed E-state index contributed by atoms with van der Waals surface area (Å²) in [7, 11) is 1.55. The Bertz CT molecular complexity index is 361. The van der Waals surface area contributed by atoms with Gasteiger partial charge in [-0.2, -0.15) is 0 Å². The van der Waals surface area contributed by atoms with Crippen LogP contribution in [0.25, 0.3) is 0 Å². The molecule has 108 valence electrons. The first-order chi connectivity index (χ1) is 9.01. The Hall–Kier alpha value is -1.30. The van der Waals surface area contributed by atoms with Crippen molar-refractivity contribution in [1.29, 1.82) is 0 Å². The van der Waals surface area contributed by atoms with Crippen LogP contribution < -0.4 is 5.32 Å². The van der Waals surface area contributed by atoms with Crippen molar-refractivity contribution in [3.8, 4) is 0 Å². The number of amides is 2. The molecule has 4 unspecified atom stereocenters. The Kier molecular flexibility index (Phi) is 4.29. The summed E-state index contributed by atoms with van der Waals surface area (Å²) in [6.07, 6.45) is 3.25. The van der Waals surface area contributed by atoms with Gasteiger partial charge in [0.15, 0.2) is 0 Å². The number of likely N-dealkylation sites (tertiary alicyclic amines) is 1. The number of carbonyl (C=O) groups excluding carboxylic acids is 1. The van der Waals surface area contributed by atoms with E-state index in [0.29, 0.717) is 18.9 Å². The highest BCUT2D eigenvalue weighted by Gasteiger charge is 2.40. The van der Waals surface area contributed by atoms with Gasteiger partial charge >= 0.3 is 12.0 Å². The molecule has 0 radical (unpaired) electrons. The third kappa shape index (κ3) is 3.18. The molecule has 4 atom stereocenters. The van der Waals surface area contributed by atoms with E-state index in [0.717, 1.165) is 19.3 Å². The van der Waals surface area contributed by atoms with Crippen LogP contribution >= 0.6 is 0 Å². The molecule has 2 fully saturated rings. The van der Waals surface area contributed by atoms with Gasteiger partial charge in [0.1, 0.15) is 6.04 Å². The number of nitrogens with zero attached hydrogens (tertiary/aromatic N) is 1. The number of methoxy groups -OCH3 is 1. The largest absolute Gasteiger partial charge is 0.480 e. The van der Waals surface area contributed by atoms with Crippen LogP contribution in [0.4, 0.5) is 4.79 Å². The summed E-state index contributed by atoms with van der Waals surface area (Å²) in [4.78, 5) is 24.8. The van der Waals surface area contributed by atoms with Gasteiger partial charge in [-0.1, -0.05) is 6.92 Å². The average Bonchev–Trinajstić information content (AvgIpc) is 2.95. The van der Waals surface area contributed by atoms with Crippen LogP contribution in [0.2, 0.25) is 0 Å². The normalized spacial score (nSPS) is 34.5. The number of urea groups is 1. The predicted octanol–water partition coefficient (Wildman–Crippen LogP) is 1.06. The molecule has 1 heterocycles. The molecule has 2 aliphatic rings. The highest BCUT2D eigenvalue weighted by molar-refractivity contribution is 5.83. The van der Waals surface area contributed by atoms with Crippen molar-refractivity contribution in [1.82, 2.24) is 10.2 Å². The lowest BCUT2D eigenvalue weighted by Gasteiger charge is -2.24. The Morgan fingerprint density at radius 2 is 2.05 bits per heavy atom. The van der Waals surface area contributed by atoms with Gasteiger partial charge in [0, 0.05) is 26.1 Å². The van der Waals surface area contributed by atoms with Crippen LogP contribution in [0, 0.1) is 5.92 Å². The number of ether oxygens (including phenoxy) is 1. The molecule has 19 heavy (non-hydrogen) atoms. The van der Waals surface area contributed by atoms with E-state index in [-0.39, 0.29) is 18.2 Å². The van der Waals surface area contributed by atoms with E-state index in [1.54, 1.807) is 7.11 Å². The molecule has 1 aliphatic heterocycles. The molecule has 0 bridgehead atoms. The fourth-order valence-electron chi connectivity index (χ4n) is 3.02. The second kappa shape index (κ2) is 5.77. The number of nitrogens with one attached hydrogen (secondary N) is 1. The fourth-order valence-corrected chi connectivity index (χ4v) is 3.02. The van der Waals surface area contributed by atoms with Crippen molar-refractivity contribution >= 4 is 12.0 Å². The maximum Gasteiger partial charge on any atom is 0.326 e. The topological polar surface area (TPSA) is 78.9 Å². The average molecular weight is 270 g/mol. The molecule has 2 rings (SSSR count). The van der Waals surface area contributed by atoms with Crippen LogP contribution in [0.5, 0.6) is 0 Å². The van der Waals surface area contributed by atoms with E-state index in [4.69, 9.17) is 4.74 Å². The number of aliphatic carboxylic acids is 1. The van der Waals surface area contributed by atoms with Crippen LogP contribution in [0.3, 0.4) is 0 Å². The Morgan fingerprint density at radius 3 is 2.58 bits per heavy atom. The van der Waals surface area contributed by atoms with Gasteiger partial charge in [0.2, 0.25) is 0 Å². The van der Waals surface area contributed by atoms with Crippen molar-refractivity contribution in [2.45, 2.75) is 50.8 Å². The van der Waals surface area contributed by atoms with Crippen molar-refractivity contribution in [2.24, 2.45) is 5.92 Å².